The van der Waals surface area contributed by atoms with E-state index in [9.17, 15) is 0 Å². The van der Waals surface area contributed by atoms with Crippen LogP contribution in [0.25, 0.3) is 0 Å². The molecule has 21 heavy (non-hydrogen) atoms. The molecule has 1 aromatic carbocycles. The zero-order chi connectivity index (χ0) is 15.2. The minimum absolute atomic E-state index is 1.03. The molecule has 0 atom stereocenters. The Morgan fingerprint density at radius 3 is 2.10 bits per heavy atom. The van der Waals surface area contributed by atoms with Gasteiger partial charge in [0.25, 0.3) is 0 Å². The van der Waals surface area contributed by atoms with Crippen LogP contribution in [0.3, 0.4) is 0 Å². The van der Waals surface area contributed by atoms with E-state index in [0.717, 1.165) is 6.54 Å². The second-order valence-electron chi connectivity index (χ2n) is 5.91. The van der Waals surface area contributed by atoms with Gasteiger partial charge in [0.05, 0.1) is 0 Å². The molecular formula is C20H33N. The summed E-state index contributed by atoms with van der Waals surface area (Å²) in [6.07, 6.45) is 15.5. The van der Waals surface area contributed by atoms with Crippen molar-refractivity contribution in [2.75, 3.05) is 6.54 Å². The summed E-state index contributed by atoms with van der Waals surface area (Å²) in [4.78, 5) is 2.44. The van der Waals surface area contributed by atoms with Crippen LogP contribution in [0.15, 0.2) is 42.6 Å². The van der Waals surface area contributed by atoms with Crippen molar-refractivity contribution >= 4 is 0 Å². The Morgan fingerprint density at radius 1 is 0.857 bits per heavy atom. The van der Waals surface area contributed by atoms with Crippen LogP contribution in [0, 0.1) is 0 Å². The number of unbranched alkanes of at least 4 members (excludes halogenated alkanes) is 7. The Morgan fingerprint density at radius 2 is 1.48 bits per heavy atom. The molecule has 1 nitrogen and oxygen atoms in total. The summed E-state index contributed by atoms with van der Waals surface area (Å²) in [6, 6.07) is 10.8. The van der Waals surface area contributed by atoms with Gasteiger partial charge in [-0.25, -0.2) is 0 Å². The van der Waals surface area contributed by atoms with Crippen LogP contribution in [-0.2, 0) is 6.54 Å². The molecule has 0 saturated carbocycles. The predicted octanol–water partition coefficient (Wildman–Crippen LogP) is 6.16. The lowest BCUT2D eigenvalue weighted by Crippen LogP contribution is -2.18. The van der Waals surface area contributed by atoms with E-state index in [1.807, 2.05) is 0 Å². The SMILES string of the molecule is CC=CN(CCCCCCCCCC)Cc1ccccc1. The Kier molecular flexibility index (Phi) is 10.6. The fourth-order valence-electron chi connectivity index (χ4n) is 2.68. The minimum Gasteiger partial charge on any atom is -0.373 e. The van der Waals surface area contributed by atoms with Crippen molar-refractivity contribution in [1.29, 1.82) is 0 Å². The molecule has 0 radical (unpaired) electrons. The normalized spacial score (nSPS) is 11.1. The summed E-state index contributed by atoms with van der Waals surface area (Å²) in [6.45, 7) is 6.59. The third kappa shape index (κ3) is 9.33. The van der Waals surface area contributed by atoms with Crippen LogP contribution in [-0.4, -0.2) is 11.4 Å². The van der Waals surface area contributed by atoms with E-state index in [0.29, 0.717) is 0 Å². The van der Waals surface area contributed by atoms with E-state index in [4.69, 9.17) is 0 Å². The smallest absolute Gasteiger partial charge is 0.0423 e. The molecular weight excluding hydrogens is 254 g/mol. The van der Waals surface area contributed by atoms with Crippen molar-refractivity contribution in [1.82, 2.24) is 4.90 Å². The highest BCUT2D eigenvalue weighted by Crippen LogP contribution is 2.10. The standard InChI is InChI=1S/C20H33N/c1-3-5-6-7-8-9-10-14-18-21(17-4-2)19-20-15-12-11-13-16-20/h4,11-13,15-17H,3,5-10,14,18-19H2,1-2H3. The Balaban J connectivity index is 2.14. The summed E-state index contributed by atoms with van der Waals surface area (Å²) in [5, 5.41) is 0. The molecule has 0 aliphatic rings. The topological polar surface area (TPSA) is 3.24 Å². The monoisotopic (exact) mass is 287 g/mol. The summed E-state index contributed by atoms with van der Waals surface area (Å²) in [5.74, 6) is 0. The van der Waals surface area contributed by atoms with E-state index < -0.39 is 0 Å². The van der Waals surface area contributed by atoms with Crippen molar-refractivity contribution in [2.45, 2.75) is 71.8 Å². The van der Waals surface area contributed by atoms with Gasteiger partial charge in [-0.15, -0.1) is 0 Å². The van der Waals surface area contributed by atoms with Gasteiger partial charge in [-0.3, -0.25) is 0 Å². The summed E-state index contributed by atoms with van der Waals surface area (Å²) in [7, 11) is 0. The van der Waals surface area contributed by atoms with Gasteiger partial charge < -0.3 is 4.90 Å². The molecule has 0 heterocycles. The lowest BCUT2D eigenvalue weighted by atomic mass is 10.1. The first kappa shape index (κ1) is 17.8. The number of hydrogen-bond donors (Lipinski definition) is 0. The fraction of sp³-hybridized carbons (Fsp3) is 0.600. The third-order valence-electron chi connectivity index (χ3n) is 3.89. The van der Waals surface area contributed by atoms with Gasteiger partial charge in [0.15, 0.2) is 0 Å². The molecule has 1 rings (SSSR count). The van der Waals surface area contributed by atoms with E-state index in [1.54, 1.807) is 0 Å². The molecule has 118 valence electrons. The molecule has 1 heteroatoms. The summed E-state index contributed by atoms with van der Waals surface area (Å²) >= 11 is 0. The minimum atomic E-state index is 1.03. The number of rotatable bonds is 12. The first-order valence-corrected chi connectivity index (χ1v) is 8.77. The lowest BCUT2D eigenvalue weighted by Gasteiger charge is -2.20. The highest BCUT2D eigenvalue weighted by atomic mass is 15.1. The van der Waals surface area contributed by atoms with E-state index in [1.165, 1.54) is 63.5 Å². The Hall–Kier alpha value is -1.24. The number of allylic oxidation sites excluding steroid dienone is 1. The molecule has 0 fully saturated rings. The van der Waals surface area contributed by atoms with Crippen molar-refractivity contribution < 1.29 is 0 Å². The fourth-order valence-corrected chi connectivity index (χ4v) is 2.68. The van der Waals surface area contributed by atoms with Gasteiger partial charge in [-0.05, 0) is 25.1 Å². The Bertz CT molecular complexity index is 355. The van der Waals surface area contributed by atoms with E-state index in [-0.39, 0.29) is 0 Å². The second-order valence-corrected chi connectivity index (χ2v) is 5.91. The van der Waals surface area contributed by atoms with Gasteiger partial charge in [0, 0.05) is 13.1 Å². The van der Waals surface area contributed by atoms with Crippen molar-refractivity contribution in [3.63, 3.8) is 0 Å². The van der Waals surface area contributed by atoms with Crippen LogP contribution in [0.1, 0.15) is 70.8 Å². The van der Waals surface area contributed by atoms with Crippen LogP contribution in [0.2, 0.25) is 0 Å². The molecule has 0 amide bonds. The molecule has 0 aromatic heterocycles. The van der Waals surface area contributed by atoms with Crippen molar-refractivity contribution in [3.05, 3.63) is 48.2 Å². The number of nitrogens with zero attached hydrogens (tertiary/aromatic N) is 1. The maximum Gasteiger partial charge on any atom is 0.0423 e. The summed E-state index contributed by atoms with van der Waals surface area (Å²) in [5.41, 5.74) is 1.40. The Labute approximate surface area is 132 Å². The van der Waals surface area contributed by atoms with Crippen molar-refractivity contribution in [3.8, 4) is 0 Å². The molecule has 0 spiro atoms. The summed E-state index contributed by atoms with van der Waals surface area (Å²) < 4.78 is 0. The second kappa shape index (κ2) is 12.5. The average molecular weight is 287 g/mol. The highest BCUT2D eigenvalue weighted by molar-refractivity contribution is 5.14. The number of benzene rings is 1. The van der Waals surface area contributed by atoms with Gasteiger partial charge in [0.2, 0.25) is 0 Å². The zero-order valence-corrected chi connectivity index (χ0v) is 14.1. The molecule has 0 aliphatic heterocycles. The van der Waals surface area contributed by atoms with E-state index >= 15 is 0 Å². The van der Waals surface area contributed by atoms with Gasteiger partial charge in [-0.2, -0.15) is 0 Å². The lowest BCUT2D eigenvalue weighted by molar-refractivity contribution is 0.354. The molecule has 0 bridgehead atoms. The number of hydrogen-bond acceptors (Lipinski definition) is 1. The first-order valence-electron chi connectivity index (χ1n) is 8.77. The van der Waals surface area contributed by atoms with Gasteiger partial charge >= 0.3 is 0 Å². The molecule has 0 aliphatic carbocycles. The maximum absolute atomic E-state index is 2.44. The largest absolute Gasteiger partial charge is 0.373 e. The van der Waals surface area contributed by atoms with Crippen LogP contribution in [0.5, 0.6) is 0 Å². The maximum atomic E-state index is 2.44. The quantitative estimate of drug-likeness (QED) is 0.416. The van der Waals surface area contributed by atoms with Crippen LogP contribution < -0.4 is 0 Å². The van der Waals surface area contributed by atoms with Crippen molar-refractivity contribution in [2.24, 2.45) is 0 Å². The van der Waals surface area contributed by atoms with Gasteiger partial charge in [-0.1, -0.05) is 88.3 Å². The molecule has 0 N–H and O–H groups in total. The van der Waals surface area contributed by atoms with Crippen LogP contribution >= 0.6 is 0 Å². The molecule has 1 aromatic rings. The predicted molar refractivity (Wildman–Crippen MR) is 94.3 cm³/mol. The average Bonchev–Trinajstić information content (AvgIpc) is 2.51. The van der Waals surface area contributed by atoms with Gasteiger partial charge in [0.1, 0.15) is 0 Å². The van der Waals surface area contributed by atoms with Crippen LogP contribution in [0.4, 0.5) is 0 Å². The van der Waals surface area contributed by atoms with E-state index in [2.05, 4.69) is 61.4 Å². The zero-order valence-electron chi connectivity index (χ0n) is 14.1. The third-order valence-corrected chi connectivity index (χ3v) is 3.89. The molecule has 0 saturated heterocycles. The molecule has 0 unspecified atom stereocenters. The first-order chi connectivity index (χ1) is 10.4. The highest BCUT2D eigenvalue weighted by Gasteiger charge is 2.00.